The van der Waals surface area contributed by atoms with Crippen LogP contribution in [0.1, 0.15) is 6.92 Å². The lowest BCUT2D eigenvalue weighted by atomic mass is 10.2. The number of nitrogens with zero attached hydrogens (tertiary/aromatic N) is 2. The number of phenolic OH excluding ortho intramolecular Hbond substituents is 1. The fourth-order valence-corrected chi connectivity index (χ4v) is 2.53. The van der Waals surface area contributed by atoms with Crippen LogP contribution in [0.25, 0.3) is 0 Å². The van der Waals surface area contributed by atoms with E-state index < -0.39 is 0 Å². The first kappa shape index (κ1) is 17.1. The van der Waals surface area contributed by atoms with E-state index in [1.54, 1.807) is 12.1 Å². The number of carbonyl (C=O) groups excluding carboxylic acids is 2. The molecule has 0 radical (unpaired) electrons. The second-order valence-electron chi connectivity index (χ2n) is 5.61. The van der Waals surface area contributed by atoms with Crippen LogP contribution >= 0.6 is 0 Å². The molecular weight excluding hydrogens is 296 g/mol. The van der Waals surface area contributed by atoms with E-state index in [-0.39, 0.29) is 17.6 Å². The normalized spacial score (nSPS) is 15.3. The second kappa shape index (κ2) is 8.38. The molecule has 0 bridgehead atoms. The van der Waals surface area contributed by atoms with Gasteiger partial charge in [0, 0.05) is 51.9 Å². The number of hydrogen-bond donors (Lipinski definition) is 3. The minimum Gasteiger partial charge on any atom is -0.508 e. The van der Waals surface area contributed by atoms with Crippen LogP contribution in [-0.2, 0) is 9.59 Å². The van der Waals surface area contributed by atoms with E-state index in [4.69, 9.17) is 0 Å². The van der Waals surface area contributed by atoms with Gasteiger partial charge in [-0.15, -0.1) is 0 Å². The number of anilines is 1. The van der Waals surface area contributed by atoms with Crippen molar-refractivity contribution in [1.82, 2.24) is 15.5 Å². The molecule has 1 aromatic carbocycles. The third-order valence-corrected chi connectivity index (χ3v) is 3.78. The van der Waals surface area contributed by atoms with Gasteiger partial charge in [-0.3, -0.25) is 14.5 Å². The third-order valence-electron chi connectivity index (χ3n) is 3.78. The zero-order chi connectivity index (χ0) is 16.7. The number of benzene rings is 1. The first-order valence-corrected chi connectivity index (χ1v) is 7.82. The predicted octanol–water partition coefficient (Wildman–Crippen LogP) is -0.233. The standard InChI is InChI=1S/C16H24N4O3/c1-13(21)17-6-7-18-16(23)12-19-8-10-20(11-9-19)14-2-4-15(22)5-3-14/h2-5,22H,6-12H2,1H3,(H,17,21)(H,18,23). The van der Waals surface area contributed by atoms with E-state index >= 15 is 0 Å². The van der Waals surface area contributed by atoms with Gasteiger partial charge in [-0.1, -0.05) is 0 Å². The Morgan fingerprint density at radius 3 is 2.26 bits per heavy atom. The molecule has 7 nitrogen and oxygen atoms in total. The van der Waals surface area contributed by atoms with Crippen LogP contribution in [0, 0.1) is 0 Å². The van der Waals surface area contributed by atoms with E-state index in [2.05, 4.69) is 20.4 Å². The average Bonchev–Trinajstić information content (AvgIpc) is 2.53. The molecule has 0 atom stereocenters. The van der Waals surface area contributed by atoms with Crippen molar-refractivity contribution in [3.63, 3.8) is 0 Å². The highest BCUT2D eigenvalue weighted by Crippen LogP contribution is 2.19. The molecule has 7 heteroatoms. The monoisotopic (exact) mass is 320 g/mol. The Balaban J connectivity index is 1.67. The molecule has 1 heterocycles. The molecule has 23 heavy (non-hydrogen) atoms. The lowest BCUT2D eigenvalue weighted by molar-refractivity contribution is -0.123. The Hall–Kier alpha value is -2.28. The SMILES string of the molecule is CC(=O)NCCNC(=O)CN1CCN(c2ccc(O)cc2)CC1. The van der Waals surface area contributed by atoms with E-state index in [0.717, 1.165) is 31.9 Å². The fourth-order valence-electron chi connectivity index (χ4n) is 2.53. The molecule has 1 aromatic rings. The summed E-state index contributed by atoms with van der Waals surface area (Å²) in [7, 11) is 0. The molecule has 0 unspecified atom stereocenters. The van der Waals surface area contributed by atoms with Crippen LogP contribution in [0.3, 0.4) is 0 Å². The largest absolute Gasteiger partial charge is 0.508 e. The van der Waals surface area contributed by atoms with Gasteiger partial charge >= 0.3 is 0 Å². The van der Waals surface area contributed by atoms with Crippen molar-refractivity contribution in [1.29, 1.82) is 0 Å². The van der Waals surface area contributed by atoms with Gasteiger partial charge in [0.25, 0.3) is 0 Å². The number of amides is 2. The lowest BCUT2D eigenvalue weighted by Crippen LogP contribution is -2.50. The van der Waals surface area contributed by atoms with E-state index in [0.29, 0.717) is 19.6 Å². The van der Waals surface area contributed by atoms with E-state index in [1.807, 2.05) is 12.1 Å². The van der Waals surface area contributed by atoms with Crippen molar-refractivity contribution in [3.05, 3.63) is 24.3 Å². The van der Waals surface area contributed by atoms with Crippen molar-refractivity contribution in [3.8, 4) is 5.75 Å². The van der Waals surface area contributed by atoms with Crippen LogP contribution in [-0.4, -0.2) is 67.6 Å². The summed E-state index contributed by atoms with van der Waals surface area (Å²) in [6.07, 6.45) is 0. The van der Waals surface area contributed by atoms with Gasteiger partial charge in [0.05, 0.1) is 6.54 Å². The summed E-state index contributed by atoms with van der Waals surface area (Å²) in [5.41, 5.74) is 1.09. The molecule has 0 spiro atoms. The van der Waals surface area contributed by atoms with E-state index in [9.17, 15) is 14.7 Å². The number of aromatic hydroxyl groups is 1. The molecule has 0 aromatic heterocycles. The molecule has 2 rings (SSSR count). The van der Waals surface area contributed by atoms with Gasteiger partial charge in [-0.25, -0.2) is 0 Å². The molecule has 1 aliphatic heterocycles. The fraction of sp³-hybridized carbons (Fsp3) is 0.500. The van der Waals surface area contributed by atoms with Gasteiger partial charge in [0.15, 0.2) is 0 Å². The number of rotatable bonds is 6. The summed E-state index contributed by atoms with van der Waals surface area (Å²) < 4.78 is 0. The van der Waals surface area contributed by atoms with Gasteiger partial charge in [-0.2, -0.15) is 0 Å². The topological polar surface area (TPSA) is 84.9 Å². The Morgan fingerprint density at radius 2 is 1.65 bits per heavy atom. The van der Waals surface area contributed by atoms with Crippen LogP contribution in [0.4, 0.5) is 5.69 Å². The zero-order valence-electron chi connectivity index (χ0n) is 13.4. The molecule has 2 amide bonds. The third kappa shape index (κ3) is 5.78. The van der Waals surface area contributed by atoms with Gasteiger partial charge in [0.1, 0.15) is 5.75 Å². The molecule has 1 saturated heterocycles. The maximum atomic E-state index is 11.8. The highest BCUT2D eigenvalue weighted by Gasteiger charge is 2.19. The highest BCUT2D eigenvalue weighted by molar-refractivity contribution is 5.78. The number of hydrogen-bond acceptors (Lipinski definition) is 5. The summed E-state index contributed by atoms with van der Waals surface area (Å²) in [5.74, 6) is 0.154. The number of nitrogens with one attached hydrogen (secondary N) is 2. The maximum Gasteiger partial charge on any atom is 0.234 e. The molecule has 1 fully saturated rings. The van der Waals surface area contributed by atoms with Crippen LogP contribution in [0.15, 0.2) is 24.3 Å². The smallest absolute Gasteiger partial charge is 0.234 e. The van der Waals surface area contributed by atoms with Gasteiger partial charge < -0.3 is 20.6 Å². The number of phenols is 1. The number of piperazine rings is 1. The van der Waals surface area contributed by atoms with Crippen LogP contribution in [0.2, 0.25) is 0 Å². The summed E-state index contributed by atoms with van der Waals surface area (Å²) in [6.45, 7) is 6.08. The summed E-state index contributed by atoms with van der Waals surface area (Å²) in [5, 5.41) is 14.8. The van der Waals surface area contributed by atoms with Crippen LogP contribution < -0.4 is 15.5 Å². The lowest BCUT2D eigenvalue weighted by Gasteiger charge is -2.35. The molecule has 0 aliphatic carbocycles. The minimum absolute atomic E-state index is 0.0200. The Bertz CT molecular complexity index is 525. The summed E-state index contributed by atoms with van der Waals surface area (Å²) >= 11 is 0. The first-order chi connectivity index (χ1) is 11.0. The Kier molecular flexibility index (Phi) is 6.22. The second-order valence-corrected chi connectivity index (χ2v) is 5.61. The average molecular weight is 320 g/mol. The zero-order valence-corrected chi connectivity index (χ0v) is 13.4. The van der Waals surface area contributed by atoms with Crippen molar-refractivity contribution < 1.29 is 14.7 Å². The minimum atomic E-state index is -0.0930. The molecule has 3 N–H and O–H groups in total. The molecule has 126 valence electrons. The molecule has 0 saturated carbocycles. The van der Waals surface area contributed by atoms with Crippen molar-refractivity contribution in [2.24, 2.45) is 0 Å². The molecule has 1 aliphatic rings. The van der Waals surface area contributed by atoms with Crippen molar-refractivity contribution in [2.45, 2.75) is 6.92 Å². The Labute approximate surface area is 136 Å². The first-order valence-electron chi connectivity index (χ1n) is 7.82. The highest BCUT2D eigenvalue weighted by atomic mass is 16.3. The quantitative estimate of drug-likeness (QED) is 0.630. The van der Waals surface area contributed by atoms with Gasteiger partial charge in [0.2, 0.25) is 11.8 Å². The van der Waals surface area contributed by atoms with Crippen molar-refractivity contribution in [2.75, 3.05) is 50.7 Å². The van der Waals surface area contributed by atoms with E-state index in [1.165, 1.54) is 6.92 Å². The predicted molar refractivity (Wildman–Crippen MR) is 88.5 cm³/mol. The van der Waals surface area contributed by atoms with Crippen LogP contribution in [0.5, 0.6) is 5.75 Å². The number of carbonyl (C=O) groups is 2. The summed E-state index contributed by atoms with van der Waals surface area (Å²) in [4.78, 5) is 26.9. The Morgan fingerprint density at radius 1 is 1.04 bits per heavy atom. The van der Waals surface area contributed by atoms with Crippen molar-refractivity contribution >= 4 is 17.5 Å². The van der Waals surface area contributed by atoms with Gasteiger partial charge in [-0.05, 0) is 24.3 Å². The summed E-state index contributed by atoms with van der Waals surface area (Å²) in [6, 6.07) is 7.17. The molecular formula is C16H24N4O3. The maximum absolute atomic E-state index is 11.8.